The summed E-state index contributed by atoms with van der Waals surface area (Å²) < 4.78 is 37.4. The fourth-order valence-electron chi connectivity index (χ4n) is 4.71. The second kappa shape index (κ2) is 7.20. The molecule has 0 spiro atoms. The van der Waals surface area contributed by atoms with Gasteiger partial charge in [-0.05, 0) is 65.2 Å². The highest BCUT2D eigenvalue weighted by molar-refractivity contribution is 5.79. The average Bonchev–Trinajstić information content (AvgIpc) is 3.14. The van der Waals surface area contributed by atoms with Gasteiger partial charge in [-0.2, -0.15) is 13.2 Å². The largest absolute Gasteiger partial charge is 0.401 e. The number of alkyl halides is 3. The van der Waals surface area contributed by atoms with Crippen molar-refractivity contribution in [3.8, 4) is 0 Å². The van der Waals surface area contributed by atoms with Gasteiger partial charge in [0.05, 0.1) is 6.54 Å². The number of carbonyl (C=O) groups is 1. The van der Waals surface area contributed by atoms with Gasteiger partial charge in [-0.3, -0.25) is 9.69 Å². The van der Waals surface area contributed by atoms with Crippen LogP contribution < -0.4 is 0 Å². The first-order valence-electron chi connectivity index (χ1n) is 9.15. The molecule has 24 heavy (non-hydrogen) atoms. The first-order valence-corrected chi connectivity index (χ1v) is 9.15. The summed E-state index contributed by atoms with van der Waals surface area (Å²) in [6, 6.07) is 0.764. The zero-order valence-electron chi connectivity index (χ0n) is 14.4. The zero-order chi connectivity index (χ0) is 17.3. The molecular weight excluding hydrogens is 319 g/mol. The fraction of sp³-hybridized carbons (Fsp3) is 0.941. The highest BCUT2D eigenvalue weighted by Gasteiger charge is 2.41. The number of likely N-dealkylation sites (tertiary alicyclic amines) is 3. The Morgan fingerprint density at radius 1 is 0.958 bits per heavy atom. The van der Waals surface area contributed by atoms with Gasteiger partial charge >= 0.3 is 6.18 Å². The molecule has 0 N–H and O–H groups in total. The van der Waals surface area contributed by atoms with Crippen LogP contribution in [0.5, 0.6) is 0 Å². The molecular formula is C17H28F3N3O. The molecule has 3 fully saturated rings. The lowest BCUT2D eigenvalue weighted by molar-refractivity contribution is -0.151. The number of piperidine rings is 1. The van der Waals surface area contributed by atoms with Crippen molar-refractivity contribution in [2.45, 2.75) is 56.8 Å². The van der Waals surface area contributed by atoms with E-state index in [4.69, 9.17) is 0 Å². The lowest BCUT2D eigenvalue weighted by Gasteiger charge is -2.37. The van der Waals surface area contributed by atoms with E-state index in [1.54, 1.807) is 0 Å². The normalized spacial score (nSPS) is 31.1. The molecule has 3 heterocycles. The van der Waals surface area contributed by atoms with Gasteiger partial charge in [-0.15, -0.1) is 0 Å². The lowest BCUT2D eigenvalue weighted by Crippen LogP contribution is -2.50. The Balaban J connectivity index is 1.55. The predicted molar refractivity (Wildman–Crippen MR) is 85.6 cm³/mol. The van der Waals surface area contributed by atoms with Crippen LogP contribution >= 0.6 is 0 Å². The minimum Gasteiger partial charge on any atom is -0.338 e. The Hall–Kier alpha value is -0.820. The van der Waals surface area contributed by atoms with Crippen LogP contribution in [0.1, 0.15) is 38.5 Å². The maximum Gasteiger partial charge on any atom is 0.401 e. The minimum atomic E-state index is -4.15. The highest BCUT2D eigenvalue weighted by atomic mass is 19.4. The molecule has 0 saturated carbocycles. The molecule has 2 atom stereocenters. The van der Waals surface area contributed by atoms with E-state index in [1.807, 2.05) is 0 Å². The third-order valence-electron chi connectivity index (χ3n) is 5.94. The van der Waals surface area contributed by atoms with E-state index in [-0.39, 0.29) is 11.8 Å². The van der Waals surface area contributed by atoms with Gasteiger partial charge in [-0.1, -0.05) is 0 Å². The molecule has 3 aliphatic heterocycles. The van der Waals surface area contributed by atoms with Crippen LogP contribution in [0.3, 0.4) is 0 Å². The maximum absolute atomic E-state index is 12.9. The van der Waals surface area contributed by atoms with Gasteiger partial charge in [0.1, 0.15) is 0 Å². The molecule has 0 radical (unpaired) electrons. The molecule has 0 aliphatic carbocycles. The van der Waals surface area contributed by atoms with E-state index in [9.17, 15) is 18.0 Å². The molecule has 7 heteroatoms. The molecule has 0 aromatic heterocycles. The molecule has 0 bridgehead atoms. The molecule has 3 saturated heterocycles. The summed E-state index contributed by atoms with van der Waals surface area (Å²) in [5, 5.41) is 0. The quantitative estimate of drug-likeness (QED) is 0.784. The standard InChI is InChI=1S/C17H28F3N3O/c1-21-8-2-4-14(21)15-5-3-9-23(15)16(24)13-6-10-22(11-7-13)12-17(18,19)20/h13-15H,2-12H2,1H3/t14-,15-/m0/s1. The number of hydrogen-bond donors (Lipinski definition) is 0. The Kier molecular flexibility index (Phi) is 5.39. The Bertz CT molecular complexity index is 449. The van der Waals surface area contributed by atoms with Gasteiger partial charge in [0, 0.05) is 24.5 Å². The van der Waals surface area contributed by atoms with Crippen molar-refractivity contribution in [1.29, 1.82) is 0 Å². The number of amides is 1. The molecule has 0 aromatic carbocycles. The molecule has 4 nitrogen and oxygen atoms in total. The predicted octanol–water partition coefficient (Wildman–Crippen LogP) is 2.35. The number of likely N-dealkylation sites (N-methyl/N-ethyl adjacent to an activating group) is 1. The van der Waals surface area contributed by atoms with Crippen molar-refractivity contribution < 1.29 is 18.0 Å². The van der Waals surface area contributed by atoms with Crippen LogP contribution in [0.4, 0.5) is 13.2 Å². The minimum absolute atomic E-state index is 0.0956. The smallest absolute Gasteiger partial charge is 0.338 e. The van der Waals surface area contributed by atoms with E-state index >= 15 is 0 Å². The summed E-state index contributed by atoms with van der Waals surface area (Å²) in [6.07, 6.45) is 1.41. The number of carbonyl (C=O) groups excluding carboxylic acids is 1. The zero-order valence-corrected chi connectivity index (χ0v) is 14.4. The Morgan fingerprint density at radius 3 is 2.17 bits per heavy atom. The number of halogens is 3. The molecule has 0 aromatic rings. The molecule has 138 valence electrons. The number of rotatable bonds is 3. The summed E-state index contributed by atoms with van der Waals surface area (Å²) in [5.41, 5.74) is 0. The van der Waals surface area contributed by atoms with Crippen LogP contribution in [-0.4, -0.2) is 78.6 Å². The topological polar surface area (TPSA) is 26.8 Å². The first-order chi connectivity index (χ1) is 11.3. The average molecular weight is 347 g/mol. The van der Waals surface area contributed by atoms with Gasteiger partial charge in [0.25, 0.3) is 0 Å². The molecule has 3 rings (SSSR count). The van der Waals surface area contributed by atoms with Gasteiger partial charge in [-0.25, -0.2) is 0 Å². The van der Waals surface area contributed by atoms with E-state index in [2.05, 4.69) is 16.8 Å². The van der Waals surface area contributed by atoms with Crippen molar-refractivity contribution >= 4 is 5.91 Å². The Labute approximate surface area is 141 Å². The van der Waals surface area contributed by atoms with Crippen molar-refractivity contribution in [3.63, 3.8) is 0 Å². The van der Waals surface area contributed by atoms with Crippen molar-refractivity contribution in [3.05, 3.63) is 0 Å². The summed E-state index contributed by atoms with van der Waals surface area (Å²) >= 11 is 0. The summed E-state index contributed by atoms with van der Waals surface area (Å²) in [7, 11) is 2.13. The van der Waals surface area contributed by atoms with Crippen LogP contribution in [0.25, 0.3) is 0 Å². The molecule has 1 amide bonds. The van der Waals surface area contributed by atoms with Crippen molar-refractivity contribution in [2.24, 2.45) is 5.92 Å². The van der Waals surface area contributed by atoms with E-state index in [0.717, 1.165) is 32.4 Å². The van der Waals surface area contributed by atoms with Crippen molar-refractivity contribution in [2.75, 3.05) is 39.8 Å². The van der Waals surface area contributed by atoms with Crippen LogP contribution in [-0.2, 0) is 4.79 Å². The maximum atomic E-state index is 12.9. The van der Waals surface area contributed by atoms with E-state index < -0.39 is 12.7 Å². The van der Waals surface area contributed by atoms with Gasteiger partial charge in [0.15, 0.2) is 0 Å². The highest BCUT2D eigenvalue weighted by Crippen LogP contribution is 2.32. The fourth-order valence-corrected chi connectivity index (χ4v) is 4.71. The van der Waals surface area contributed by atoms with Gasteiger partial charge in [0.2, 0.25) is 5.91 Å². The third kappa shape index (κ3) is 4.04. The first kappa shape index (κ1) is 18.0. The van der Waals surface area contributed by atoms with E-state index in [1.165, 1.54) is 11.3 Å². The SMILES string of the molecule is CN1CCC[C@H]1[C@@H]1CCCN1C(=O)C1CCN(CC(F)(F)F)CC1. The lowest BCUT2D eigenvalue weighted by atomic mass is 9.94. The number of nitrogens with zero attached hydrogens (tertiary/aromatic N) is 3. The second-order valence-corrected chi connectivity index (χ2v) is 7.60. The monoisotopic (exact) mass is 347 g/mol. The summed E-state index contributed by atoms with van der Waals surface area (Å²) in [4.78, 5) is 18.8. The number of hydrogen-bond acceptors (Lipinski definition) is 3. The Morgan fingerprint density at radius 2 is 1.58 bits per heavy atom. The van der Waals surface area contributed by atoms with E-state index in [0.29, 0.717) is 38.0 Å². The third-order valence-corrected chi connectivity index (χ3v) is 5.94. The molecule has 0 unspecified atom stereocenters. The van der Waals surface area contributed by atoms with Gasteiger partial charge < -0.3 is 9.80 Å². The summed E-state index contributed by atoms with van der Waals surface area (Å²) in [6.45, 7) is 1.80. The molecule has 3 aliphatic rings. The summed E-state index contributed by atoms with van der Waals surface area (Å²) in [5.74, 6) is 0.0891. The van der Waals surface area contributed by atoms with Crippen LogP contribution in [0.2, 0.25) is 0 Å². The second-order valence-electron chi connectivity index (χ2n) is 7.60. The van der Waals surface area contributed by atoms with Crippen molar-refractivity contribution in [1.82, 2.24) is 14.7 Å². The van der Waals surface area contributed by atoms with Crippen LogP contribution in [0, 0.1) is 5.92 Å². The van der Waals surface area contributed by atoms with Crippen LogP contribution in [0.15, 0.2) is 0 Å².